The molecule has 0 radical (unpaired) electrons. The number of pyridine rings is 1. The van der Waals surface area contributed by atoms with Crippen molar-refractivity contribution in [3.05, 3.63) is 131 Å². The highest BCUT2D eigenvalue weighted by atomic mass is 19.1. The maximum Gasteiger partial charge on any atom is 0.519 e. The first-order valence-corrected chi connectivity index (χ1v) is 34.5. The number of hydrogen-bond acceptors (Lipinski definition) is 25. The largest absolute Gasteiger partial charge is 0.519 e. The summed E-state index contributed by atoms with van der Waals surface area (Å²) in [6.45, 7) is 9.64. The number of benzene rings is 2. The zero-order valence-electron chi connectivity index (χ0n) is 56.8. The van der Waals surface area contributed by atoms with Crippen LogP contribution in [-0.2, 0) is 46.4 Å². The molecular weight excluding hydrogens is 1310 g/mol. The topological polar surface area (TPSA) is 313 Å². The van der Waals surface area contributed by atoms with Gasteiger partial charge in [0.05, 0.1) is 56.6 Å². The summed E-state index contributed by atoms with van der Waals surface area (Å²) in [6.07, 6.45) is 8.46. The molecule has 100 heavy (non-hydrogen) atoms. The van der Waals surface area contributed by atoms with Crippen LogP contribution < -0.4 is 41.2 Å². The molecule has 10 aliphatic rings. The van der Waals surface area contributed by atoms with Gasteiger partial charge in [0.1, 0.15) is 52.7 Å². The highest BCUT2D eigenvalue weighted by Gasteiger charge is 2.83. The Bertz CT molecular complexity index is 4470. The van der Waals surface area contributed by atoms with Gasteiger partial charge >= 0.3 is 23.6 Å². The molecule has 3 N–H and O–H groups in total. The van der Waals surface area contributed by atoms with E-state index in [1.807, 2.05) is 36.6 Å². The van der Waals surface area contributed by atoms with Gasteiger partial charge in [-0.05, 0) is 115 Å². The molecule has 0 bridgehead atoms. The standard InChI is InChI=1S/C72H82F2N6O20/c1-35-26-77(20-18-75(35)30-53-37(3)96-68(89)98-53)59-50(73)23-45-57(63(59)91-6)79(41-9-10-41)28-47(61(45)84)66(87)93-32-39(65(86)95-34-55(83)71-17-15-49-44-13-8-40-22-43(81)14-16-70(40,5)56(44)52(82)25-72(49,71)100-71)33-94-67(88)48-29-80(42-11-12-42)58-46(62(48)85)24-51(74)60(64(58)92-7)78-21-19-76(36(2)27-78)31-54-38(4)97-69(90)99-54/h14,16,22-24,28-29,35-36,39,41-42,44,49,52,56,61,66,82,84,87H,8-13,15,17-21,25-27,30-34H2,1-7H3. The van der Waals surface area contributed by atoms with Crippen LogP contribution in [0.5, 0.6) is 11.5 Å². The van der Waals surface area contributed by atoms with E-state index in [0.29, 0.717) is 126 Å². The molecule has 12 unspecified atom stereocenters. The number of carbonyl (C=O) groups excluding carboxylic acids is 4. The summed E-state index contributed by atoms with van der Waals surface area (Å²) in [6, 6.07) is 1.54. The van der Waals surface area contributed by atoms with Crippen LogP contribution in [0.25, 0.3) is 10.9 Å². The summed E-state index contributed by atoms with van der Waals surface area (Å²) in [5.41, 5.74) is -2.53. The van der Waals surface area contributed by atoms with E-state index < -0.39 is 113 Å². The number of ketones is 2. The number of epoxide rings is 1. The van der Waals surface area contributed by atoms with Crippen molar-refractivity contribution < 1.29 is 89.4 Å². The number of piperazine rings is 2. The number of allylic oxidation sites excluding steroid dienone is 4. The molecule has 3 saturated heterocycles. The molecule has 12 atom stereocenters. The average molecular weight is 1390 g/mol. The average Bonchev–Trinajstić information content (AvgIpc) is 1.48. The Balaban J connectivity index is 0.684. The van der Waals surface area contributed by atoms with Crippen LogP contribution in [0.3, 0.4) is 0 Å². The molecule has 2 aromatic carbocycles. The Morgan fingerprint density at radius 2 is 1.40 bits per heavy atom. The van der Waals surface area contributed by atoms with E-state index >= 15 is 8.78 Å². The lowest BCUT2D eigenvalue weighted by molar-refractivity contribution is -0.161. The fourth-order valence-corrected chi connectivity index (χ4v) is 17.8. The molecule has 5 aromatic rings. The third-order valence-corrected chi connectivity index (χ3v) is 23.2. The van der Waals surface area contributed by atoms with Gasteiger partial charge in [-0.15, -0.1) is 0 Å². The number of nitrogens with zero attached hydrogens (tertiary/aromatic N) is 6. The smallest absolute Gasteiger partial charge is 0.492 e. The predicted molar refractivity (Wildman–Crippen MR) is 351 cm³/mol. The second-order valence-electron chi connectivity index (χ2n) is 29.1. The Labute approximate surface area is 572 Å². The molecule has 4 aliphatic heterocycles. The van der Waals surface area contributed by atoms with E-state index in [1.165, 1.54) is 32.7 Å². The molecule has 3 aromatic heterocycles. The molecule has 6 aliphatic carbocycles. The number of carbonyl (C=O) groups is 4. The van der Waals surface area contributed by atoms with Gasteiger partial charge in [-0.1, -0.05) is 18.6 Å². The van der Waals surface area contributed by atoms with Gasteiger partial charge < -0.3 is 80.7 Å². The Morgan fingerprint density at radius 3 is 2.00 bits per heavy atom. The summed E-state index contributed by atoms with van der Waals surface area (Å²) in [5, 5.41) is 36.1. The molecule has 15 rings (SSSR count). The van der Waals surface area contributed by atoms with Crippen LogP contribution in [0.2, 0.25) is 0 Å². The lowest BCUT2D eigenvalue weighted by Gasteiger charge is -2.55. The molecule has 28 heteroatoms. The minimum absolute atomic E-state index is 0.0379. The number of aromatic nitrogens is 1. The summed E-state index contributed by atoms with van der Waals surface area (Å²) in [5.74, 6) is -6.29. The van der Waals surface area contributed by atoms with Crippen LogP contribution in [0.1, 0.15) is 130 Å². The van der Waals surface area contributed by atoms with Gasteiger partial charge in [-0.25, -0.2) is 23.2 Å². The number of esters is 2. The minimum Gasteiger partial charge on any atom is -0.492 e. The molecule has 8 fully saturated rings. The van der Waals surface area contributed by atoms with E-state index in [9.17, 15) is 48.9 Å². The first-order valence-electron chi connectivity index (χ1n) is 34.5. The molecule has 5 saturated carbocycles. The second kappa shape index (κ2) is 25.4. The van der Waals surface area contributed by atoms with Crippen molar-refractivity contribution in [1.29, 1.82) is 0 Å². The van der Waals surface area contributed by atoms with E-state index in [-0.39, 0.29) is 106 Å². The summed E-state index contributed by atoms with van der Waals surface area (Å²) in [7, 11) is 2.78. The second-order valence-corrected chi connectivity index (χ2v) is 29.1. The highest BCUT2D eigenvalue weighted by molar-refractivity contribution is 6.01. The molecular formula is C72H82F2N6O20. The van der Waals surface area contributed by atoms with Crippen molar-refractivity contribution in [2.45, 2.75) is 159 Å². The summed E-state index contributed by atoms with van der Waals surface area (Å²) in [4.78, 5) is 104. The number of aryl methyl sites for hydroxylation is 2. The molecule has 26 nitrogen and oxygen atoms in total. The lowest BCUT2D eigenvalue weighted by Crippen LogP contribution is -2.56. The van der Waals surface area contributed by atoms with Crippen LogP contribution in [-0.4, -0.2) is 168 Å². The Morgan fingerprint density at radius 1 is 0.770 bits per heavy atom. The predicted octanol–water partition coefficient (Wildman–Crippen LogP) is 6.36. The number of hydrogen-bond donors (Lipinski definition) is 3. The zero-order chi connectivity index (χ0) is 70.3. The third-order valence-electron chi connectivity index (χ3n) is 23.2. The van der Waals surface area contributed by atoms with E-state index in [4.69, 9.17) is 46.1 Å². The summed E-state index contributed by atoms with van der Waals surface area (Å²) < 4.78 is 92.4. The van der Waals surface area contributed by atoms with Gasteiger partial charge in [-0.2, -0.15) is 0 Å². The molecule has 7 heterocycles. The maximum atomic E-state index is 16.9. The zero-order valence-corrected chi connectivity index (χ0v) is 56.8. The van der Waals surface area contributed by atoms with Crippen LogP contribution in [0, 0.1) is 54.6 Å². The van der Waals surface area contributed by atoms with Crippen LogP contribution >= 0.6 is 0 Å². The monoisotopic (exact) mass is 1390 g/mol. The number of methoxy groups -OCH3 is 2. The SMILES string of the molecule is COc1c(N2CCN(Cc3oc(=O)oc3C)C(C)C2)c(F)cc2c1N(C1CC1)C=C(C(O)OCC(COC(=O)c1cn(C3CC3)c3c(OC)c(N4CCN(Cc5oc(=O)oc5C)C(C)C4)c(F)cc3c1=O)C(=O)OCC(=O)C13CCC4C5CCC6=CC(=O)C=CC6(C)C5C(O)CC41O3)C2O. The first kappa shape index (κ1) is 67.6. The van der Waals surface area contributed by atoms with Gasteiger partial charge in [-0.3, -0.25) is 29.0 Å². The van der Waals surface area contributed by atoms with Crippen molar-refractivity contribution in [1.82, 2.24) is 14.4 Å². The Hall–Kier alpha value is -8.25. The van der Waals surface area contributed by atoms with Gasteiger partial charge in [0.25, 0.3) is 0 Å². The number of rotatable bonds is 21. The number of aliphatic hydroxyl groups excluding tert-OH is 3. The van der Waals surface area contributed by atoms with Gasteiger partial charge in [0.2, 0.25) is 11.2 Å². The van der Waals surface area contributed by atoms with Crippen molar-refractivity contribution in [3.63, 3.8) is 0 Å². The lowest BCUT2D eigenvalue weighted by atomic mass is 9.49. The molecule has 534 valence electrons. The quantitative estimate of drug-likeness (QED) is 0.0408. The van der Waals surface area contributed by atoms with Gasteiger partial charge in [0.15, 0.2) is 58.9 Å². The number of aliphatic hydroxyl groups is 3. The van der Waals surface area contributed by atoms with Gasteiger partial charge in [0, 0.05) is 105 Å². The van der Waals surface area contributed by atoms with Crippen molar-refractivity contribution >= 4 is 51.5 Å². The minimum atomic E-state index is -2.00. The normalized spacial score (nSPS) is 29.3. The van der Waals surface area contributed by atoms with Crippen LogP contribution in [0.4, 0.5) is 25.8 Å². The number of anilines is 3. The maximum absolute atomic E-state index is 16.9. The molecule has 1 spiro atoms. The first-order chi connectivity index (χ1) is 47.8. The number of halogens is 2. The van der Waals surface area contributed by atoms with E-state index in [0.717, 1.165) is 11.6 Å². The van der Waals surface area contributed by atoms with Crippen molar-refractivity contribution in [2.24, 2.45) is 29.1 Å². The van der Waals surface area contributed by atoms with Crippen molar-refractivity contribution in [2.75, 3.05) is 88.0 Å². The van der Waals surface area contributed by atoms with Crippen LogP contribution in [0.15, 0.2) is 86.0 Å². The third kappa shape index (κ3) is 11.3. The summed E-state index contributed by atoms with van der Waals surface area (Å²) >= 11 is 0. The fraction of sp³-hybridized carbons (Fsp3) is 0.569. The Kier molecular flexibility index (Phi) is 17.1. The fourth-order valence-electron chi connectivity index (χ4n) is 17.8. The number of ether oxygens (including phenoxy) is 6. The number of Topliss-reactive ketones (excluding diaryl/α,β-unsaturated/α-hetero) is 1. The van der Waals surface area contributed by atoms with E-state index in [1.54, 1.807) is 35.5 Å². The highest BCUT2D eigenvalue weighted by Crippen LogP contribution is 2.73. The molecule has 0 amide bonds. The van der Waals surface area contributed by atoms with Crippen molar-refractivity contribution in [3.8, 4) is 11.5 Å². The number of fused-ring (bicyclic) bond motifs is 6. The van der Waals surface area contributed by atoms with E-state index in [2.05, 4.69) is 9.80 Å².